The molecule has 0 atom stereocenters. The average molecular weight is 271 g/mol. The third-order valence-electron chi connectivity index (χ3n) is 3.81. The molecule has 1 aromatic rings. The highest BCUT2D eigenvalue weighted by molar-refractivity contribution is 7.89. The van der Waals surface area contributed by atoms with Crippen LogP contribution in [0.15, 0.2) is 4.90 Å². The van der Waals surface area contributed by atoms with Gasteiger partial charge in [-0.1, -0.05) is 13.3 Å². The maximum absolute atomic E-state index is 12.6. The molecule has 1 aliphatic heterocycles. The van der Waals surface area contributed by atoms with Crippen molar-refractivity contribution in [2.24, 2.45) is 5.92 Å². The minimum absolute atomic E-state index is 0.359. The Morgan fingerprint density at radius 1 is 1.33 bits per heavy atom. The Morgan fingerprint density at radius 3 is 2.39 bits per heavy atom. The molecule has 0 aliphatic carbocycles. The molecule has 0 unspecified atom stereocenters. The molecule has 6 heteroatoms. The van der Waals surface area contributed by atoms with Gasteiger partial charge in [0.2, 0.25) is 10.0 Å². The molecule has 2 heterocycles. The number of H-pyrrole nitrogens is 1. The lowest BCUT2D eigenvalue weighted by Gasteiger charge is -2.30. The third kappa shape index (κ3) is 2.31. The van der Waals surface area contributed by atoms with Crippen LogP contribution in [-0.2, 0) is 10.0 Å². The molecular weight excluding hydrogens is 250 g/mol. The van der Waals surface area contributed by atoms with E-state index in [1.54, 1.807) is 18.2 Å². The second kappa shape index (κ2) is 5.01. The maximum atomic E-state index is 12.6. The third-order valence-corrected chi connectivity index (χ3v) is 5.97. The molecule has 0 bridgehead atoms. The van der Waals surface area contributed by atoms with E-state index < -0.39 is 10.0 Å². The first-order valence-electron chi connectivity index (χ1n) is 6.48. The lowest BCUT2D eigenvalue weighted by molar-refractivity contribution is 0.269. The minimum Gasteiger partial charge on any atom is -0.281 e. The molecule has 1 aliphatic rings. The zero-order valence-electron chi connectivity index (χ0n) is 11.2. The van der Waals surface area contributed by atoms with Crippen LogP contribution in [0.4, 0.5) is 0 Å². The van der Waals surface area contributed by atoms with Crippen molar-refractivity contribution in [2.75, 3.05) is 13.1 Å². The van der Waals surface area contributed by atoms with Crippen molar-refractivity contribution in [1.82, 2.24) is 14.5 Å². The molecule has 1 saturated heterocycles. The van der Waals surface area contributed by atoms with Gasteiger partial charge in [-0.3, -0.25) is 5.10 Å². The fourth-order valence-electron chi connectivity index (χ4n) is 2.61. The topological polar surface area (TPSA) is 66.1 Å². The van der Waals surface area contributed by atoms with Gasteiger partial charge >= 0.3 is 0 Å². The lowest BCUT2D eigenvalue weighted by atomic mass is 9.96. The Hall–Kier alpha value is -0.880. The van der Waals surface area contributed by atoms with E-state index in [0.717, 1.165) is 19.3 Å². The van der Waals surface area contributed by atoms with Gasteiger partial charge in [0.25, 0.3) is 0 Å². The van der Waals surface area contributed by atoms with Crippen LogP contribution in [0.1, 0.15) is 37.6 Å². The molecule has 1 fully saturated rings. The van der Waals surface area contributed by atoms with Gasteiger partial charge in [-0.2, -0.15) is 9.40 Å². The SMILES string of the molecule is CCC1CCN(S(=O)(=O)c2c(C)n[nH]c2C)CC1. The van der Waals surface area contributed by atoms with Crippen LogP contribution in [0.2, 0.25) is 0 Å². The Labute approximate surface area is 109 Å². The summed E-state index contributed by atoms with van der Waals surface area (Å²) in [7, 11) is -3.37. The molecule has 0 amide bonds. The van der Waals surface area contributed by atoms with Gasteiger partial charge in [0.1, 0.15) is 4.90 Å². The maximum Gasteiger partial charge on any atom is 0.246 e. The van der Waals surface area contributed by atoms with E-state index >= 15 is 0 Å². The summed E-state index contributed by atoms with van der Waals surface area (Å²) in [5, 5.41) is 6.72. The highest BCUT2D eigenvalue weighted by atomic mass is 32.2. The lowest BCUT2D eigenvalue weighted by Crippen LogP contribution is -2.38. The summed E-state index contributed by atoms with van der Waals surface area (Å²) >= 11 is 0. The van der Waals surface area contributed by atoms with Crippen molar-refractivity contribution < 1.29 is 8.42 Å². The van der Waals surface area contributed by atoms with Crippen molar-refractivity contribution in [2.45, 2.75) is 44.9 Å². The molecule has 2 rings (SSSR count). The molecule has 102 valence electrons. The van der Waals surface area contributed by atoms with Crippen molar-refractivity contribution in [3.05, 3.63) is 11.4 Å². The smallest absolute Gasteiger partial charge is 0.246 e. The Kier molecular flexibility index (Phi) is 3.77. The molecule has 0 radical (unpaired) electrons. The van der Waals surface area contributed by atoms with E-state index in [4.69, 9.17) is 0 Å². The number of piperidine rings is 1. The van der Waals surface area contributed by atoms with Crippen LogP contribution in [0.5, 0.6) is 0 Å². The summed E-state index contributed by atoms with van der Waals surface area (Å²) in [6, 6.07) is 0. The first-order valence-corrected chi connectivity index (χ1v) is 7.92. The average Bonchev–Trinajstić information content (AvgIpc) is 2.69. The highest BCUT2D eigenvalue weighted by Gasteiger charge is 2.32. The van der Waals surface area contributed by atoms with Crippen molar-refractivity contribution >= 4 is 10.0 Å². The van der Waals surface area contributed by atoms with Gasteiger partial charge in [-0.15, -0.1) is 0 Å². The number of rotatable bonds is 3. The summed E-state index contributed by atoms with van der Waals surface area (Å²) in [5.41, 5.74) is 1.19. The number of hydrogen-bond donors (Lipinski definition) is 1. The summed E-state index contributed by atoms with van der Waals surface area (Å²) in [6.07, 6.45) is 3.06. The molecule has 1 N–H and O–H groups in total. The molecular formula is C12H21N3O2S. The number of sulfonamides is 1. The summed E-state index contributed by atoms with van der Waals surface area (Å²) < 4.78 is 26.7. The number of nitrogens with zero attached hydrogens (tertiary/aromatic N) is 2. The Balaban J connectivity index is 2.23. The van der Waals surface area contributed by atoms with Gasteiger partial charge < -0.3 is 0 Å². The zero-order valence-corrected chi connectivity index (χ0v) is 12.0. The minimum atomic E-state index is -3.37. The van der Waals surface area contributed by atoms with E-state index in [0.29, 0.717) is 35.3 Å². The van der Waals surface area contributed by atoms with Crippen LogP contribution in [-0.4, -0.2) is 36.0 Å². The first kappa shape index (κ1) is 13.5. The van der Waals surface area contributed by atoms with Crippen LogP contribution in [0.3, 0.4) is 0 Å². The van der Waals surface area contributed by atoms with Crippen LogP contribution >= 0.6 is 0 Å². The molecule has 18 heavy (non-hydrogen) atoms. The monoisotopic (exact) mass is 271 g/mol. The van der Waals surface area contributed by atoms with Crippen molar-refractivity contribution in [1.29, 1.82) is 0 Å². The van der Waals surface area contributed by atoms with Gasteiger partial charge in [0.15, 0.2) is 0 Å². The number of hydrogen-bond acceptors (Lipinski definition) is 3. The molecule has 0 saturated carbocycles. The number of aromatic amines is 1. The fourth-order valence-corrected chi connectivity index (χ4v) is 4.41. The first-order chi connectivity index (χ1) is 8.46. The van der Waals surface area contributed by atoms with E-state index in [-0.39, 0.29) is 0 Å². The predicted molar refractivity (Wildman–Crippen MR) is 69.8 cm³/mol. The van der Waals surface area contributed by atoms with Gasteiger partial charge in [-0.25, -0.2) is 8.42 Å². The van der Waals surface area contributed by atoms with E-state index in [2.05, 4.69) is 17.1 Å². The van der Waals surface area contributed by atoms with Gasteiger partial charge in [0, 0.05) is 13.1 Å². The molecule has 0 aromatic carbocycles. The summed E-state index contributed by atoms with van der Waals surface area (Å²) in [6.45, 7) is 6.91. The summed E-state index contributed by atoms with van der Waals surface area (Å²) in [5.74, 6) is 0.669. The van der Waals surface area contributed by atoms with Gasteiger partial charge in [0.05, 0.1) is 11.4 Å². The van der Waals surface area contributed by atoms with Crippen molar-refractivity contribution in [3.8, 4) is 0 Å². The van der Waals surface area contributed by atoms with Crippen LogP contribution < -0.4 is 0 Å². The second-order valence-corrected chi connectivity index (χ2v) is 6.89. The molecule has 0 spiro atoms. The Morgan fingerprint density at radius 2 is 1.94 bits per heavy atom. The molecule has 5 nitrogen and oxygen atoms in total. The Bertz CT molecular complexity index is 494. The number of aromatic nitrogens is 2. The quantitative estimate of drug-likeness (QED) is 0.912. The zero-order chi connectivity index (χ0) is 13.3. The summed E-state index contributed by atoms with van der Waals surface area (Å²) in [4.78, 5) is 0.359. The van der Waals surface area contributed by atoms with Crippen molar-refractivity contribution in [3.63, 3.8) is 0 Å². The fraction of sp³-hybridized carbons (Fsp3) is 0.750. The van der Waals surface area contributed by atoms with E-state index in [1.165, 1.54) is 0 Å². The molecule has 1 aromatic heterocycles. The number of nitrogens with one attached hydrogen (secondary N) is 1. The second-order valence-electron chi connectivity index (χ2n) is 5.02. The predicted octanol–water partition coefficient (Wildman–Crippen LogP) is 1.84. The van der Waals surface area contributed by atoms with E-state index in [1.807, 2.05) is 0 Å². The standard InChI is InChI=1S/C12H21N3O2S/c1-4-11-5-7-15(8-6-11)18(16,17)12-9(2)13-14-10(12)3/h11H,4-8H2,1-3H3,(H,13,14). The van der Waals surface area contributed by atoms with Crippen LogP contribution in [0, 0.1) is 19.8 Å². The number of aryl methyl sites for hydroxylation is 2. The van der Waals surface area contributed by atoms with E-state index in [9.17, 15) is 8.42 Å². The largest absolute Gasteiger partial charge is 0.281 e. The normalized spacial score (nSPS) is 19.3. The van der Waals surface area contributed by atoms with Crippen LogP contribution in [0.25, 0.3) is 0 Å². The van der Waals surface area contributed by atoms with Gasteiger partial charge in [-0.05, 0) is 32.6 Å². The highest BCUT2D eigenvalue weighted by Crippen LogP contribution is 2.27.